The number of benzene rings is 2. The second kappa shape index (κ2) is 8.89. The van der Waals surface area contributed by atoms with Gasteiger partial charge in [-0.3, -0.25) is 9.69 Å². The van der Waals surface area contributed by atoms with Gasteiger partial charge in [0.05, 0.1) is 0 Å². The van der Waals surface area contributed by atoms with Crippen LogP contribution in [0.3, 0.4) is 0 Å². The molecular formula is C22H27BrN2O2. The summed E-state index contributed by atoms with van der Waals surface area (Å²) in [7, 11) is 0. The van der Waals surface area contributed by atoms with E-state index in [2.05, 4.69) is 58.9 Å². The molecule has 0 radical (unpaired) electrons. The number of hydrogen-bond acceptors (Lipinski definition) is 3. The summed E-state index contributed by atoms with van der Waals surface area (Å²) in [5.41, 5.74) is 2.37. The molecule has 2 aromatic rings. The smallest absolute Gasteiger partial charge is 0.219 e. The van der Waals surface area contributed by atoms with Crippen LogP contribution in [0.1, 0.15) is 20.8 Å². The monoisotopic (exact) mass is 430 g/mol. The molecule has 0 aromatic heterocycles. The van der Waals surface area contributed by atoms with Gasteiger partial charge in [0.25, 0.3) is 0 Å². The first-order valence-electron chi connectivity index (χ1n) is 9.44. The van der Waals surface area contributed by atoms with E-state index in [1.165, 1.54) is 11.1 Å². The molecule has 1 saturated heterocycles. The minimum absolute atomic E-state index is 0.162. The Balaban J connectivity index is 1.52. The van der Waals surface area contributed by atoms with Crippen LogP contribution in [0.25, 0.3) is 11.1 Å². The van der Waals surface area contributed by atoms with Gasteiger partial charge in [0.2, 0.25) is 5.91 Å². The topological polar surface area (TPSA) is 32.8 Å². The zero-order valence-electron chi connectivity index (χ0n) is 16.2. The van der Waals surface area contributed by atoms with Gasteiger partial charge in [-0.15, -0.1) is 0 Å². The van der Waals surface area contributed by atoms with Gasteiger partial charge in [-0.1, -0.05) is 40.2 Å². The maximum absolute atomic E-state index is 11.6. The van der Waals surface area contributed by atoms with Crippen molar-refractivity contribution in [1.82, 2.24) is 9.80 Å². The Bertz CT molecular complexity index is 749. The average Bonchev–Trinajstić information content (AvgIpc) is 2.65. The highest BCUT2D eigenvalue weighted by Gasteiger charge is 2.30. The Labute approximate surface area is 170 Å². The van der Waals surface area contributed by atoms with Crippen LogP contribution >= 0.6 is 15.9 Å². The van der Waals surface area contributed by atoms with Gasteiger partial charge in [0.15, 0.2) is 0 Å². The molecule has 2 atom stereocenters. The molecule has 1 aliphatic rings. The van der Waals surface area contributed by atoms with Crippen molar-refractivity contribution >= 4 is 21.8 Å². The lowest BCUT2D eigenvalue weighted by atomic mass is 10.1. The lowest BCUT2D eigenvalue weighted by molar-refractivity contribution is -0.133. The van der Waals surface area contributed by atoms with Crippen molar-refractivity contribution in [3.8, 4) is 16.9 Å². The largest absolute Gasteiger partial charge is 0.492 e. The third kappa shape index (κ3) is 5.11. The summed E-state index contributed by atoms with van der Waals surface area (Å²) in [6, 6.07) is 17.2. The second-order valence-corrected chi connectivity index (χ2v) is 8.16. The number of rotatable bonds is 5. The van der Waals surface area contributed by atoms with Crippen molar-refractivity contribution in [2.24, 2.45) is 0 Å². The number of amides is 1. The standard InChI is InChI=1S/C22H27BrN2O2/c1-16-14-24(18(3)26)15-17(2)25(16)12-13-27-22-10-6-20(7-11-22)19-4-8-21(23)9-5-19/h4-11,16-17H,12-15H2,1-3H3/t16-,17+. The van der Waals surface area contributed by atoms with Crippen molar-refractivity contribution < 1.29 is 9.53 Å². The van der Waals surface area contributed by atoms with Gasteiger partial charge >= 0.3 is 0 Å². The zero-order chi connectivity index (χ0) is 19.4. The van der Waals surface area contributed by atoms with E-state index in [1.807, 2.05) is 29.2 Å². The molecular weight excluding hydrogens is 404 g/mol. The van der Waals surface area contributed by atoms with Gasteiger partial charge < -0.3 is 9.64 Å². The van der Waals surface area contributed by atoms with Gasteiger partial charge in [-0.25, -0.2) is 0 Å². The normalized spacial score (nSPS) is 20.5. The molecule has 0 aliphatic carbocycles. The highest BCUT2D eigenvalue weighted by atomic mass is 79.9. The van der Waals surface area contributed by atoms with Crippen LogP contribution < -0.4 is 4.74 Å². The Morgan fingerprint density at radius 1 is 1.00 bits per heavy atom. The molecule has 2 aromatic carbocycles. The fourth-order valence-corrected chi connectivity index (χ4v) is 3.97. The second-order valence-electron chi connectivity index (χ2n) is 7.24. The van der Waals surface area contributed by atoms with Crippen LogP contribution in [-0.4, -0.2) is 54.0 Å². The number of nitrogens with zero attached hydrogens (tertiary/aromatic N) is 2. The third-order valence-electron chi connectivity index (χ3n) is 5.20. The predicted molar refractivity (Wildman–Crippen MR) is 113 cm³/mol. The minimum Gasteiger partial charge on any atom is -0.492 e. The van der Waals surface area contributed by atoms with Gasteiger partial charge in [0, 0.05) is 43.1 Å². The number of hydrogen-bond donors (Lipinski definition) is 0. The van der Waals surface area contributed by atoms with Gasteiger partial charge in [-0.2, -0.15) is 0 Å². The van der Waals surface area contributed by atoms with Crippen molar-refractivity contribution in [2.75, 3.05) is 26.2 Å². The first kappa shape index (κ1) is 19.9. The number of piperazine rings is 1. The fraction of sp³-hybridized carbons (Fsp3) is 0.409. The highest BCUT2D eigenvalue weighted by molar-refractivity contribution is 9.10. The summed E-state index contributed by atoms with van der Waals surface area (Å²) in [6.07, 6.45) is 0. The van der Waals surface area contributed by atoms with Crippen LogP contribution in [0.2, 0.25) is 0 Å². The number of ether oxygens (including phenoxy) is 1. The van der Waals surface area contributed by atoms with E-state index in [0.717, 1.165) is 29.9 Å². The predicted octanol–water partition coefficient (Wildman–Crippen LogP) is 4.44. The Morgan fingerprint density at radius 3 is 2.04 bits per heavy atom. The summed E-state index contributed by atoms with van der Waals surface area (Å²) in [5, 5.41) is 0. The maximum atomic E-state index is 11.6. The zero-order valence-corrected chi connectivity index (χ0v) is 17.8. The molecule has 0 bridgehead atoms. The van der Waals surface area contributed by atoms with Crippen LogP contribution in [-0.2, 0) is 4.79 Å². The molecule has 144 valence electrons. The first-order chi connectivity index (χ1) is 12.9. The van der Waals surface area contributed by atoms with Gasteiger partial charge in [-0.05, 0) is 49.2 Å². The van der Waals surface area contributed by atoms with Gasteiger partial charge in [0.1, 0.15) is 12.4 Å². The molecule has 1 fully saturated rings. The Morgan fingerprint density at radius 2 is 1.52 bits per heavy atom. The van der Waals surface area contributed by atoms with E-state index in [9.17, 15) is 4.79 Å². The van der Waals surface area contributed by atoms with Crippen molar-refractivity contribution in [2.45, 2.75) is 32.9 Å². The molecule has 4 nitrogen and oxygen atoms in total. The Hall–Kier alpha value is -1.85. The number of carbonyl (C=O) groups is 1. The van der Waals surface area contributed by atoms with Crippen LogP contribution in [0.5, 0.6) is 5.75 Å². The molecule has 1 heterocycles. The van der Waals surface area contributed by atoms with Crippen molar-refractivity contribution in [1.29, 1.82) is 0 Å². The lowest BCUT2D eigenvalue weighted by Crippen LogP contribution is -2.58. The number of carbonyl (C=O) groups excluding carboxylic acids is 1. The fourth-order valence-electron chi connectivity index (χ4n) is 3.71. The number of halogens is 1. The van der Waals surface area contributed by atoms with E-state index in [0.29, 0.717) is 18.7 Å². The van der Waals surface area contributed by atoms with E-state index in [1.54, 1.807) is 6.92 Å². The molecule has 0 spiro atoms. The van der Waals surface area contributed by atoms with Crippen molar-refractivity contribution in [3.05, 3.63) is 53.0 Å². The maximum Gasteiger partial charge on any atom is 0.219 e. The quantitative estimate of drug-likeness (QED) is 0.702. The SMILES string of the molecule is CC(=O)N1C[C@@H](C)N(CCOc2ccc(-c3ccc(Br)cc3)cc2)[C@@H](C)C1. The van der Waals surface area contributed by atoms with Crippen LogP contribution in [0.4, 0.5) is 0 Å². The molecule has 5 heteroatoms. The summed E-state index contributed by atoms with van der Waals surface area (Å²) in [6.45, 7) is 9.10. The van der Waals surface area contributed by atoms with Crippen LogP contribution in [0, 0.1) is 0 Å². The summed E-state index contributed by atoms with van der Waals surface area (Å²) in [4.78, 5) is 16.0. The molecule has 0 saturated carbocycles. The summed E-state index contributed by atoms with van der Waals surface area (Å²) >= 11 is 3.47. The first-order valence-corrected chi connectivity index (χ1v) is 10.2. The van der Waals surface area contributed by atoms with Crippen LogP contribution in [0.15, 0.2) is 53.0 Å². The molecule has 3 rings (SSSR count). The molecule has 1 amide bonds. The van der Waals surface area contributed by atoms with E-state index in [-0.39, 0.29) is 5.91 Å². The average molecular weight is 431 g/mol. The molecule has 0 unspecified atom stereocenters. The molecule has 27 heavy (non-hydrogen) atoms. The van der Waals surface area contributed by atoms with E-state index < -0.39 is 0 Å². The van der Waals surface area contributed by atoms with E-state index in [4.69, 9.17) is 4.74 Å². The lowest BCUT2D eigenvalue weighted by Gasteiger charge is -2.44. The summed E-state index contributed by atoms with van der Waals surface area (Å²) < 4.78 is 7.04. The highest BCUT2D eigenvalue weighted by Crippen LogP contribution is 2.24. The van der Waals surface area contributed by atoms with Crippen molar-refractivity contribution in [3.63, 3.8) is 0 Å². The van der Waals surface area contributed by atoms with E-state index >= 15 is 0 Å². The summed E-state index contributed by atoms with van der Waals surface area (Å²) in [5.74, 6) is 1.05. The third-order valence-corrected chi connectivity index (χ3v) is 5.73. The molecule has 1 aliphatic heterocycles. The molecule has 0 N–H and O–H groups in total. The minimum atomic E-state index is 0.162. The Kier molecular flexibility index (Phi) is 6.55.